The van der Waals surface area contributed by atoms with Crippen LogP contribution in [0.1, 0.15) is 83.6 Å². The van der Waals surface area contributed by atoms with Gasteiger partial charge in [0.25, 0.3) is 0 Å². The summed E-state index contributed by atoms with van der Waals surface area (Å²) in [7, 11) is 0. The Labute approximate surface area is 237 Å². The van der Waals surface area contributed by atoms with E-state index in [1.807, 2.05) is 4.90 Å². The standard InChI is InChI=1S/C31H44FN3O5/c1-3-23(18-24-9-7-21(2)35(24)30(37)40-26-11-16-38-19-26)33-14-12-31(13-15-33)20-34(29(36)39-25-5-4-6-25)28-10-8-22(32)17-27(28)31/h8,10,17,21,23-26H,3-7,9,11-16,18-20H2,1-2H3/t21?,23?,24?,26-/m1/s1. The first kappa shape index (κ1) is 27.8. The molecule has 9 heteroatoms. The van der Waals surface area contributed by atoms with Gasteiger partial charge in [-0.05, 0) is 102 Å². The molecule has 0 radical (unpaired) electrons. The third-order valence-electron chi connectivity index (χ3n) is 10.3. The molecule has 40 heavy (non-hydrogen) atoms. The van der Waals surface area contributed by atoms with Crippen LogP contribution >= 0.6 is 0 Å². The molecule has 4 atom stereocenters. The zero-order valence-electron chi connectivity index (χ0n) is 24.0. The Kier molecular flexibility index (Phi) is 7.96. The Morgan fingerprint density at radius 1 is 1.07 bits per heavy atom. The second kappa shape index (κ2) is 11.5. The van der Waals surface area contributed by atoms with Gasteiger partial charge < -0.3 is 24.0 Å². The summed E-state index contributed by atoms with van der Waals surface area (Å²) in [4.78, 5) is 32.5. The predicted molar refractivity (Wildman–Crippen MR) is 149 cm³/mol. The van der Waals surface area contributed by atoms with Crippen LogP contribution in [0.4, 0.5) is 19.7 Å². The first-order valence-electron chi connectivity index (χ1n) is 15.5. The maximum atomic E-state index is 14.5. The summed E-state index contributed by atoms with van der Waals surface area (Å²) in [6.45, 7) is 7.81. The summed E-state index contributed by atoms with van der Waals surface area (Å²) in [6.07, 6.45) is 8.77. The fourth-order valence-corrected chi connectivity index (χ4v) is 7.57. The topological polar surface area (TPSA) is 71.6 Å². The lowest BCUT2D eigenvalue weighted by Gasteiger charge is -2.44. The van der Waals surface area contributed by atoms with Gasteiger partial charge >= 0.3 is 12.2 Å². The molecule has 2 amide bonds. The van der Waals surface area contributed by atoms with Crippen LogP contribution in [0.25, 0.3) is 0 Å². The number of piperidine rings is 1. The molecule has 4 fully saturated rings. The van der Waals surface area contributed by atoms with Crippen molar-refractivity contribution in [1.82, 2.24) is 9.80 Å². The first-order chi connectivity index (χ1) is 19.4. The summed E-state index contributed by atoms with van der Waals surface area (Å²) in [6, 6.07) is 5.53. The van der Waals surface area contributed by atoms with E-state index in [0.717, 1.165) is 88.5 Å². The number of hydrogen-bond acceptors (Lipinski definition) is 6. The van der Waals surface area contributed by atoms with Gasteiger partial charge in [0.1, 0.15) is 18.0 Å². The van der Waals surface area contributed by atoms with Crippen LogP contribution in [-0.2, 0) is 19.6 Å². The van der Waals surface area contributed by atoms with Crippen LogP contribution in [0.15, 0.2) is 18.2 Å². The lowest BCUT2D eigenvalue weighted by Crippen LogP contribution is -2.51. The molecule has 4 heterocycles. The van der Waals surface area contributed by atoms with Gasteiger partial charge in [-0.3, -0.25) is 4.90 Å². The third kappa shape index (κ3) is 5.31. The number of nitrogens with zero attached hydrogens (tertiary/aromatic N) is 3. The molecule has 3 saturated heterocycles. The van der Waals surface area contributed by atoms with Crippen LogP contribution in [0.2, 0.25) is 0 Å². The third-order valence-corrected chi connectivity index (χ3v) is 10.3. The Hall–Kier alpha value is -2.39. The van der Waals surface area contributed by atoms with Crippen molar-refractivity contribution >= 4 is 17.9 Å². The molecule has 6 rings (SSSR count). The number of likely N-dealkylation sites (tertiary alicyclic amines) is 2. The summed E-state index contributed by atoms with van der Waals surface area (Å²) < 4.78 is 31.4. The molecule has 1 saturated carbocycles. The first-order valence-corrected chi connectivity index (χ1v) is 15.5. The highest BCUT2D eigenvalue weighted by atomic mass is 19.1. The molecule has 4 aliphatic heterocycles. The Morgan fingerprint density at radius 2 is 1.85 bits per heavy atom. The van der Waals surface area contributed by atoms with Crippen molar-refractivity contribution in [1.29, 1.82) is 0 Å². The van der Waals surface area contributed by atoms with Crippen LogP contribution in [-0.4, -0.2) is 85.2 Å². The van der Waals surface area contributed by atoms with Crippen LogP contribution < -0.4 is 4.90 Å². The fraction of sp³-hybridized carbons (Fsp3) is 0.742. The predicted octanol–water partition coefficient (Wildman–Crippen LogP) is 5.62. The van der Waals surface area contributed by atoms with Gasteiger partial charge in [0.15, 0.2) is 0 Å². The second-order valence-electron chi connectivity index (χ2n) is 12.7. The van der Waals surface area contributed by atoms with E-state index in [9.17, 15) is 14.0 Å². The van der Waals surface area contributed by atoms with Crippen LogP contribution in [0, 0.1) is 5.82 Å². The number of halogens is 1. The number of benzene rings is 1. The van der Waals surface area contributed by atoms with Gasteiger partial charge in [0.2, 0.25) is 0 Å². The van der Waals surface area contributed by atoms with Crippen molar-refractivity contribution in [3.05, 3.63) is 29.6 Å². The molecule has 8 nitrogen and oxygen atoms in total. The number of rotatable bonds is 6. The van der Waals surface area contributed by atoms with Gasteiger partial charge in [-0.1, -0.05) is 6.92 Å². The SMILES string of the molecule is CCC(CC1CCC(C)N1C(=O)O[C@@H]1CCOC1)N1CCC2(CC1)CN(C(=O)OC1CCC1)c1ccc(F)cc12. The van der Waals surface area contributed by atoms with Crippen LogP contribution in [0.5, 0.6) is 0 Å². The Morgan fingerprint density at radius 3 is 2.52 bits per heavy atom. The van der Waals surface area contributed by atoms with Gasteiger partial charge in [0, 0.05) is 36.5 Å². The largest absolute Gasteiger partial charge is 0.446 e. The molecule has 5 aliphatic rings. The average molecular weight is 558 g/mol. The molecular formula is C31H44FN3O5. The van der Waals surface area contributed by atoms with E-state index < -0.39 is 0 Å². The van der Waals surface area contributed by atoms with Crippen molar-refractivity contribution < 1.29 is 28.2 Å². The normalized spacial score (nSPS) is 28.9. The van der Waals surface area contributed by atoms with Gasteiger partial charge in [-0.2, -0.15) is 0 Å². The fourth-order valence-electron chi connectivity index (χ4n) is 7.57. The average Bonchev–Trinajstić information content (AvgIpc) is 3.64. The van der Waals surface area contributed by atoms with Crippen molar-refractivity contribution in [3.63, 3.8) is 0 Å². The lowest BCUT2D eigenvalue weighted by atomic mass is 9.74. The molecule has 1 aromatic carbocycles. The zero-order chi connectivity index (χ0) is 27.9. The molecule has 1 aromatic rings. The number of hydrogen-bond donors (Lipinski definition) is 0. The summed E-state index contributed by atoms with van der Waals surface area (Å²) in [5.41, 5.74) is 1.49. The number of carbonyl (C=O) groups is 2. The van der Waals surface area contributed by atoms with E-state index in [1.165, 1.54) is 6.07 Å². The molecule has 220 valence electrons. The van der Waals surface area contributed by atoms with E-state index in [-0.39, 0.29) is 47.7 Å². The number of ether oxygens (including phenoxy) is 3. The number of amides is 2. The van der Waals surface area contributed by atoms with Gasteiger partial charge in [0.05, 0.1) is 18.9 Å². The maximum Gasteiger partial charge on any atom is 0.414 e. The number of anilines is 1. The van der Waals surface area contributed by atoms with E-state index in [2.05, 4.69) is 18.7 Å². The molecule has 0 bridgehead atoms. The van der Waals surface area contributed by atoms with Gasteiger partial charge in [-0.15, -0.1) is 0 Å². The maximum absolute atomic E-state index is 14.5. The quantitative estimate of drug-likeness (QED) is 0.453. The zero-order valence-corrected chi connectivity index (χ0v) is 24.0. The summed E-state index contributed by atoms with van der Waals surface area (Å²) in [5, 5.41) is 0. The number of fused-ring (bicyclic) bond motifs is 2. The molecule has 0 aromatic heterocycles. The smallest absolute Gasteiger partial charge is 0.414 e. The number of carbonyl (C=O) groups excluding carboxylic acids is 2. The molecular weight excluding hydrogens is 513 g/mol. The minimum absolute atomic E-state index is 0.0155. The Balaban J connectivity index is 1.11. The highest BCUT2D eigenvalue weighted by Gasteiger charge is 2.48. The molecule has 3 unspecified atom stereocenters. The highest BCUT2D eigenvalue weighted by Crippen LogP contribution is 2.48. The molecule has 0 N–H and O–H groups in total. The van der Waals surface area contributed by atoms with Crippen molar-refractivity contribution in [3.8, 4) is 0 Å². The lowest BCUT2D eigenvalue weighted by molar-refractivity contribution is 0.0361. The van der Waals surface area contributed by atoms with E-state index in [1.54, 1.807) is 17.0 Å². The van der Waals surface area contributed by atoms with Crippen molar-refractivity contribution in [2.45, 2.75) is 114 Å². The molecule has 1 spiro atoms. The minimum Gasteiger partial charge on any atom is -0.446 e. The van der Waals surface area contributed by atoms with E-state index in [4.69, 9.17) is 14.2 Å². The summed E-state index contributed by atoms with van der Waals surface area (Å²) in [5.74, 6) is -0.257. The Bertz CT molecular complexity index is 1080. The minimum atomic E-state index is -0.296. The molecule has 1 aliphatic carbocycles. The van der Waals surface area contributed by atoms with Gasteiger partial charge in [-0.25, -0.2) is 14.0 Å². The monoisotopic (exact) mass is 557 g/mol. The van der Waals surface area contributed by atoms with E-state index in [0.29, 0.717) is 25.8 Å². The van der Waals surface area contributed by atoms with Crippen LogP contribution in [0.3, 0.4) is 0 Å². The van der Waals surface area contributed by atoms with Crippen molar-refractivity contribution in [2.24, 2.45) is 0 Å². The second-order valence-corrected chi connectivity index (χ2v) is 12.7. The van der Waals surface area contributed by atoms with Crippen molar-refractivity contribution in [2.75, 3.05) is 37.7 Å². The highest BCUT2D eigenvalue weighted by molar-refractivity contribution is 5.91. The summed E-state index contributed by atoms with van der Waals surface area (Å²) >= 11 is 0. The van der Waals surface area contributed by atoms with E-state index >= 15 is 0 Å².